The number of nitrogens with zero attached hydrogens (tertiary/aromatic N) is 2. The fraction of sp³-hybridized carbons (Fsp3) is 0.333. The summed E-state index contributed by atoms with van der Waals surface area (Å²) >= 11 is 0. The van der Waals surface area contributed by atoms with Crippen LogP contribution in [0.25, 0.3) is 0 Å². The number of carbonyl (C=O) groups excluding carboxylic acids is 2. The number of rotatable bonds is 6. The largest absolute Gasteiger partial charge is 0.368 e. The van der Waals surface area contributed by atoms with Crippen LogP contribution in [0, 0.1) is 0 Å². The first-order valence-corrected chi connectivity index (χ1v) is 10.9. The van der Waals surface area contributed by atoms with Crippen molar-refractivity contribution >= 4 is 21.8 Å². The van der Waals surface area contributed by atoms with Gasteiger partial charge in [-0.3, -0.25) is 9.59 Å². The molecule has 0 spiro atoms. The Morgan fingerprint density at radius 2 is 1.79 bits per heavy atom. The maximum Gasteiger partial charge on any atom is 0.254 e. The van der Waals surface area contributed by atoms with Gasteiger partial charge in [0.1, 0.15) is 0 Å². The van der Waals surface area contributed by atoms with Crippen LogP contribution in [0.1, 0.15) is 35.3 Å². The van der Waals surface area contributed by atoms with Crippen molar-refractivity contribution in [3.05, 3.63) is 65.2 Å². The van der Waals surface area contributed by atoms with Crippen LogP contribution < -0.4 is 5.73 Å². The van der Waals surface area contributed by atoms with Crippen molar-refractivity contribution in [3.63, 3.8) is 0 Å². The molecular weight excluding hydrogens is 390 g/mol. The lowest BCUT2D eigenvalue weighted by molar-refractivity contribution is -0.119. The summed E-state index contributed by atoms with van der Waals surface area (Å²) in [6.07, 6.45) is 0.647. The van der Waals surface area contributed by atoms with Gasteiger partial charge in [0.05, 0.1) is 11.4 Å². The van der Waals surface area contributed by atoms with Crippen molar-refractivity contribution in [3.8, 4) is 0 Å². The summed E-state index contributed by atoms with van der Waals surface area (Å²) in [5, 5.41) is 0. The van der Waals surface area contributed by atoms with Crippen LogP contribution in [0.15, 0.2) is 53.4 Å². The summed E-state index contributed by atoms with van der Waals surface area (Å²) in [4.78, 5) is 25.5. The number of fused-ring (bicyclic) bond motifs is 1. The van der Waals surface area contributed by atoms with E-state index in [4.69, 9.17) is 5.73 Å². The molecule has 0 aliphatic carbocycles. The van der Waals surface area contributed by atoms with E-state index in [1.165, 1.54) is 21.3 Å². The monoisotopic (exact) mass is 415 g/mol. The maximum absolute atomic E-state index is 13.2. The first kappa shape index (κ1) is 21.0. The highest BCUT2D eigenvalue weighted by Crippen LogP contribution is 2.25. The lowest BCUT2D eigenvalue weighted by atomic mass is 10.0. The summed E-state index contributed by atoms with van der Waals surface area (Å²) in [6.45, 7) is 4.00. The van der Waals surface area contributed by atoms with Gasteiger partial charge in [0.25, 0.3) is 5.91 Å². The molecule has 0 saturated heterocycles. The quantitative estimate of drug-likeness (QED) is 0.777. The van der Waals surface area contributed by atoms with Gasteiger partial charge in [-0.2, -0.15) is 4.31 Å². The molecule has 2 aromatic carbocycles. The number of nitrogens with two attached hydrogens (primary N) is 1. The molecule has 2 amide bonds. The van der Waals surface area contributed by atoms with Crippen molar-refractivity contribution in [2.75, 3.05) is 13.1 Å². The highest BCUT2D eigenvalue weighted by molar-refractivity contribution is 7.89. The maximum atomic E-state index is 13.2. The van der Waals surface area contributed by atoms with E-state index in [0.717, 1.165) is 11.1 Å². The fourth-order valence-electron chi connectivity index (χ4n) is 3.44. The third kappa shape index (κ3) is 4.49. The van der Waals surface area contributed by atoms with E-state index >= 15 is 0 Å². The van der Waals surface area contributed by atoms with Crippen molar-refractivity contribution < 1.29 is 18.0 Å². The molecule has 0 fully saturated rings. The van der Waals surface area contributed by atoms with Crippen molar-refractivity contribution in [1.82, 2.24) is 9.21 Å². The van der Waals surface area contributed by atoms with Gasteiger partial charge < -0.3 is 10.6 Å². The van der Waals surface area contributed by atoms with Crippen LogP contribution in [0.5, 0.6) is 0 Å². The summed E-state index contributed by atoms with van der Waals surface area (Å²) in [7, 11) is -3.76. The van der Waals surface area contributed by atoms with Gasteiger partial charge in [-0.25, -0.2) is 8.42 Å². The molecule has 29 heavy (non-hydrogen) atoms. The van der Waals surface area contributed by atoms with Crippen LogP contribution >= 0.6 is 0 Å². The standard InChI is InChI=1S/C21H25N3O4S/c1-15(2)24(14-20(22)25)21(26)17-8-5-9-19(12-17)29(27,28)23-11-10-16-6-3-4-7-18(16)13-23/h3-9,12,15H,10-11,13-14H2,1-2H3,(H2,22,25). The smallest absolute Gasteiger partial charge is 0.254 e. The molecule has 0 radical (unpaired) electrons. The molecule has 0 atom stereocenters. The molecule has 0 bridgehead atoms. The highest BCUT2D eigenvalue weighted by atomic mass is 32.2. The zero-order valence-corrected chi connectivity index (χ0v) is 17.4. The summed E-state index contributed by atoms with van der Waals surface area (Å²) in [5.74, 6) is -1.05. The second-order valence-electron chi connectivity index (χ2n) is 7.38. The Hall–Kier alpha value is -2.71. The van der Waals surface area contributed by atoms with Crippen molar-refractivity contribution in [2.24, 2.45) is 5.73 Å². The van der Waals surface area contributed by atoms with Crippen LogP contribution in [0.2, 0.25) is 0 Å². The van der Waals surface area contributed by atoms with Crippen LogP contribution in [0.3, 0.4) is 0 Å². The molecule has 1 aliphatic rings. The highest BCUT2D eigenvalue weighted by Gasteiger charge is 2.29. The molecule has 2 N–H and O–H groups in total. The van der Waals surface area contributed by atoms with Crippen molar-refractivity contribution in [2.45, 2.75) is 37.8 Å². The molecule has 3 rings (SSSR count). The normalized spacial score (nSPS) is 14.4. The molecule has 2 aromatic rings. The Morgan fingerprint density at radius 1 is 1.10 bits per heavy atom. The molecule has 0 aromatic heterocycles. The van der Waals surface area contributed by atoms with Gasteiger partial charge in [0.15, 0.2) is 0 Å². The Balaban J connectivity index is 1.88. The molecule has 1 heterocycles. The molecule has 0 saturated carbocycles. The van der Waals surface area contributed by atoms with Gasteiger partial charge in [-0.1, -0.05) is 30.3 Å². The number of benzene rings is 2. The number of carbonyl (C=O) groups is 2. The van der Waals surface area contributed by atoms with Crippen LogP contribution in [-0.4, -0.2) is 48.6 Å². The minimum Gasteiger partial charge on any atom is -0.368 e. The fourth-order valence-corrected chi connectivity index (χ4v) is 4.90. The lowest BCUT2D eigenvalue weighted by Gasteiger charge is -2.28. The minimum atomic E-state index is -3.76. The van der Waals surface area contributed by atoms with Crippen molar-refractivity contribution in [1.29, 1.82) is 0 Å². The first-order valence-electron chi connectivity index (χ1n) is 9.46. The summed E-state index contributed by atoms with van der Waals surface area (Å²) in [5.41, 5.74) is 7.60. The van der Waals surface area contributed by atoms with E-state index in [1.54, 1.807) is 26.0 Å². The molecule has 0 unspecified atom stereocenters. The average molecular weight is 416 g/mol. The number of amides is 2. The molecule has 7 nitrogen and oxygen atoms in total. The first-order chi connectivity index (χ1) is 13.7. The van der Waals surface area contributed by atoms with E-state index in [2.05, 4.69) is 0 Å². The SMILES string of the molecule is CC(C)N(CC(N)=O)C(=O)c1cccc(S(=O)(=O)N2CCc3ccccc3C2)c1. The number of primary amides is 1. The zero-order chi connectivity index (χ0) is 21.2. The van der Waals surface area contributed by atoms with Crippen LogP contribution in [0.4, 0.5) is 0 Å². The second-order valence-corrected chi connectivity index (χ2v) is 9.32. The van der Waals surface area contributed by atoms with Gasteiger partial charge >= 0.3 is 0 Å². The topological polar surface area (TPSA) is 101 Å². The summed E-state index contributed by atoms with van der Waals surface area (Å²) < 4.78 is 27.8. The van der Waals surface area contributed by atoms with Gasteiger partial charge in [-0.05, 0) is 49.6 Å². The van der Waals surface area contributed by atoms with E-state index < -0.39 is 21.8 Å². The molecule has 8 heteroatoms. The molecule has 154 valence electrons. The minimum absolute atomic E-state index is 0.0607. The summed E-state index contributed by atoms with van der Waals surface area (Å²) in [6, 6.07) is 13.5. The number of hydrogen-bond donors (Lipinski definition) is 1. The Labute approximate surface area is 171 Å². The Morgan fingerprint density at radius 3 is 2.45 bits per heavy atom. The van der Waals surface area contributed by atoms with E-state index in [9.17, 15) is 18.0 Å². The average Bonchev–Trinajstić information content (AvgIpc) is 2.71. The van der Waals surface area contributed by atoms with E-state index in [-0.39, 0.29) is 23.0 Å². The van der Waals surface area contributed by atoms with Gasteiger partial charge in [0.2, 0.25) is 15.9 Å². The number of sulfonamides is 1. The second kappa shape index (κ2) is 8.34. The van der Waals surface area contributed by atoms with E-state index in [0.29, 0.717) is 19.5 Å². The molecular formula is C21H25N3O4S. The Bertz CT molecular complexity index is 1030. The zero-order valence-electron chi connectivity index (χ0n) is 16.5. The number of hydrogen-bond acceptors (Lipinski definition) is 4. The van der Waals surface area contributed by atoms with E-state index in [1.807, 2.05) is 24.3 Å². The third-order valence-electron chi connectivity index (χ3n) is 5.02. The predicted molar refractivity (Wildman–Crippen MR) is 110 cm³/mol. The molecule has 1 aliphatic heterocycles. The Kier molecular flexibility index (Phi) is 6.04. The third-order valence-corrected chi connectivity index (χ3v) is 6.87. The van der Waals surface area contributed by atoms with Gasteiger partial charge in [0, 0.05) is 24.7 Å². The predicted octanol–water partition coefficient (Wildman–Crippen LogP) is 1.77. The lowest BCUT2D eigenvalue weighted by Crippen LogP contribution is -2.42. The van der Waals surface area contributed by atoms with Gasteiger partial charge in [-0.15, -0.1) is 0 Å². The van der Waals surface area contributed by atoms with Crippen LogP contribution in [-0.2, 0) is 27.8 Å².